The Hall–Kier alpha value is -4.13. The average Bonchev–Trinajstić information content (AvgIpc) is 3.26. The van der Waals surface area contributed by atoms with Crippen molar-refractivity contribution in [3.05, 3.63) is 90.0 Å². The van der Waals surface area contributed by atoms with Gasteiger partial charge in [-0.2, -0.15) is 0 Å². The van der Waals surface area contributed by atoms with Crippen molar-refractivity contribution in [1.29, 1.82) is 0 Å². The third kappa shape index (κ3) is 4.14. The molecule has 5 rings (SSSR count). The molecule has 0 saturated heterocycles. The lowest BCUT2D eigenvalue weighted by Gasteiger charge is -2.38. The van der Waals surface area contributed by atoms with Crippen LogP contribution in [0.4, 0.5) is 5.95 Å². The predicted molar refractivity (Wildman–Crippen MR) is 133 cm³/mol. The Morgan fingerprint density at radius 3 is 2.34 bits per heavy atom. The van der Waals surface area contributed by atoms with Crippen molar-refractivity contribution >= 4 is 28.9 Å². The van der Waals surface area contributed by atoms with Gasteiger partial charge in [0.05, 0.1) is 36.8 Å². The number of nitrogens with zero attached hydrogens (tertiary/aromatic N) is 3. The Bertz CT molecular complexity index is 1350. The molecule has 0 saturated carbocycles. The molecule has 2 unspecified atom stereocenters. The molecule has 4 aromatic rings. The van der Waals surface area contributed by atoms with E-state index in [4.69, 9.17) is 14.5 Å². The molecule has 1 aliphatic heterocycles. The van der Waals surface area contributed by atoms with Gasteiger partial charge in [0.15, 0.2) is 5.92 Å². The van der Waals surface area contributed by atoms with Crippen molar-refractivity contribution in [2.24, 2.45) is 5.92 Å². The van der Waals surface area contributed by atoms with Gasteiger partial charge in [-0.1, -0.05) is 54.6 Å². The van der Waals surface area contributed by atoms with Crippen LogP contribution in [0.25, 0.3) is 11.0 Å². The number of amides is 1. The van der Waals surface area contributed by atoms with Crippen molar-refractivity contribution in [3.63, 3.8) is 0 Å². The molecule has 1 aliphatic rings. The van der Waals surface area contributed by atoms with Gasteiger partial charge < -0.3 is 14.0 Å². The molecule has 1 aromatic heterocycles. The monoisotopic (exact) mass is 469 g/mol. The highest BCUT2D eigenvalue weighted by molar-refractivity contribution is 6.08. The minimum Gasteiger partial charge on any atom is -0.494 e. The molecule has 0 fully saturated rings. The maximum Gasteiger partial charge on any atom is 0.321 e. The predicted octanol–water partition coefficient (Wildman–Crippen LogP) is 4.75. The normalized spacial score (nSPS) is 17.3. The first-order valence-electron chi connectivity index (χ1n) is 11.8. The van der Waals surface area contributed by atoms with Gasteiger partial charge in [0, 0.05) is 0 Å². The van der Waals surface area contributed by atoms with E-state index < -0.39 is 17.9 Å². The zero-order valence-electron chi connectivity index (χ0n) is 19.8. The molecule has 0 N–H and O–H groups in total. The molecule has 2 atom stereocenters. The zero-order chi connectivity index (χ0) is 24.4. The number of benzene rings is 3. The van der Waals surface area contributed by atoms with E-state index in [1.807, 2.05) is 90.4 Å². The minimum atomic E-state index is -1.05. The Morgan fingerprint density at radius 1 is 0.914 bits per heavy atom. The summed E-state index contributed by atoms with van der Waals surface area (Å²) in [7, 11) is 0. The molecule has 35 heavy (non-hydrogen) atoms. The third-order valence-corrected chi connectivity index (χ3v) is 6.20. The second-order valence-corrected chi connectivity index (χ2v) is 8.36. The first kappa shape index (κ1) is 22.7. The van der Waals surface area contributed by atoms with Crippen LogP contribution in [0.2, 0.25) is 0 Å². The van der Waals surface area contributed by atoms with Crippen molar-refractivity contribution < 1.29 is 19.1 Å². The molecule has 3 aromatic carbocycles. The lowest BCUT2D eigenvalue weighted by atomic mass is 9.89. The van der Waals surface area contributed by atoms with E-state index in [2.05, 4.69) is 0 Å². The van der Waals surface area contributed by atoms with Crippen LogP contribution in [-0.2, 0) is 20.9 Å². The maximum atomic E-state index is 14.0. The number of rotatable bonds is 7. The number of carbonyl (C=O) groups is 2. The van der Waals surface area contributed by atoms with Crippen LogP contribution in [0.15, 0.2) is 78.9 Å². The van der Waals surface area contributed by atoms with Gasteiger partial charge >= 0.3 is 5.97 Å². The van der Waals surface area contributed by atoms with E-state index in [9.17, 15) is 9.59 Å². The van der Waals surface area contributed by atoms with Crippen molar-refractivity contribution in [2.45, 2.75) is 26.4 Å². The van der Waals surface area contributed by atoms with Crippen molar-refractivity contribution in [3.8, 4) is 5.75 Å². The van der Waals surface area contributed by atoms with Crippen LogP contribution in [-0.4, -0.2) is 34.6 Å². The highest BCUT2D eigenvalue weighted by Crippen LogP contribution is 2.42. The molecule has 178 valence electrons. The van der Waals surface area contributed by atoms with Gasteiger partial charge in [-0.05, 0) is 49.2 Å². The molecular weight excluding hydrogens is 442 g/mol. The molecule has 2 heterocycles. The number of aromatic nitrogens is 2. The summed E-state index contributed by atoms with van der Waals surface area (Å²) in [5.41, 5.74) is 3.36. The zero-order valence-corrected chi connectivity index (χ0v) is 19.8. The number of hydrogen-bond acceptors (Lipinski definition) is 5. The maximum absolute atomic E-state index is 14.0. The molecule has 1 amide bonds. The van der Waals surface area contributed by atoms with Crippen molar-refractivity contribution in [2.75, 3.05) is 18.1 Å². The summed E-state index contributed by atoms with van der Waals surface area (Å²) in [6, 6.07) is 24.4. The summed E-state index contributed by atoms with van der Waals surface area (Å²) in [6.45, 7) is 4.72. The lowest BCUT2D eigenvalue weighted by Crippen LogP contribution is -2.49. The van der Waals surface area contributed by atoms with Crippen molar-refractivity contribution in [1.82, 2.24) is 9.55 Å². The highest BCUT2D eigenvalue weighted by Gasteiger charge is 2.47. The summed E-state index contributed by atoms with van der Waals surface area (Å²) in [5, 5.41) is 0. The Morgan fingerprint density at radius 2 is 1.63 bits per heavy atom. The summed E-state index contributed by atoms with van der Waals surface area (Å²) >= 11 is 0. The summed E-state index contributed by atoms with van der Waals surface area (Å²) in [5.74, 6) is -0.680. The smallest absolute Gasteiger partial charge is 0.321 e. The molecule has 0 spiro atoms. The second kappa shape index (κ2) is 9.62. The Labute approximate surface area is 203 Å². The second-order valence-electron chi connectivity index (χ2n) is 8.36. The highest BCUT2D eigenvalue weighted by atomic mass is 16.5. The van der Waals surface area contributed by atoms with Crippen LogP contribution < -0.4 is 9.64 Å². The number of anilines is 1. The van der Waals surface area contributed by atoms with E-state index in [-0.39, 0.29) is 12.5 Å². The largest absolute Gasteiger partial charge is 0.494 e. The van der Waals surface area contributed by atoms with Gasteiger partial charge in [0.25, 0.3) is 0 Å². The third-order valence-electron chi connectivity index (χ3n) is 6.20. The summed E-state index contributed by atoms with van der Waals surface area (Å²) < 4.78 is 13.0. The number of carbonyl (C=O) groups excluding carboxylic acids is 2. The van der Waals surface area contributed by atoms with Crippen LogP contribution >= 0.6 is 0 Å². The first-order valence-corrected chi connectivity index (χ1v) is 11.8. The molecule has 0 bridgehead atoms. The number of esters is 1. The molecular formula is C28H27N3O4. The minimum absolute atomic E-state index is 0.189. The lowest BCUT2D eigenvalue weighted by molar-refractivity contribution is -0.153. The van der Waals surface area contributed by atoms with Crippen LogP contribution in [0.1, 0.15) is 31.0 Å². The quantitative estimate of drug-likeness (QED) is 0.288. The number of fused-ring (bicyclic) bond motifs is 3. The number of ether oxygens (including phenoxy) is 2. The molecule has 7 heteroatoms. The fourth-order valence-corrected chi connectivity index (χ4v) is 4.69. The molecule has 0 radical (unpaired) electrons. The molecule has 0 aliphatic carbocycles. The number of imidazole rings is 1. The SMILES string of the molecule is CCOC(=O)C1C(=O)N(Cc2ccccc2)c2nc3ccccc3n2C1c1ccc(OCC)cc1. The fraction of sp³-hybridized carbons (Fsp3) is 0.250. The van der Waals surface area contributed by atoms with Gasteiger partial charge in [0.2, 0.25) is 11.9 Å². The summed E-state index contributed by atoms with van der Waals surface area (Å²) in [6.07, 6.45) is 0. The van der Waals surface area contributed by atoms with E-state index in [0.29, 0.717) is 19.1 Å². The van der Waals surface area contributed by atoms with Crippen LogP contribution in [0.3, 0.4) is 0 Å². The van der Waals surface area contributed by atoms with Gasteiger partial charge in [-0.15, -0.1) is 0 Å². The fourth-order valence-electron chi connectivity index (χ4n) is 4.69. The number of para-hydroxylation sites is 2. The van der Waals surface area contributed by atoms with Gasteiger partial charge in [-0.25, -0.2) is 4.98 Å². The van der Waals surface area contributed by atoms with E-state index in [1.54, 1.807) is 11.8 Å². The first-order chi connectivity index (χ1) is 17.1. The van der Waals surface area contributed by atoms with E-state index >= 15 is 0 Å². The van der Waals surface area contributed by atoms with Crippen LogP contribution in [0.5, 0.6) is 5.75 Å². The van der Waals surface area contributed by atoms with Gasteiger partial charge in [0.1, 0.15) is 5.75 Å². The molecule has 7 nitrogen and oxygen atoms in total. The van der Waals surface area contributed by atoms with Gasteiger partial charge in [-0.3, -0.25) is 14.5 Å². The Balaban J connectivity index is 1.71. The Kier molecular flexibility index (Phi) is 6.23. The number of hydrogen-bond donors (Lipinski definition) is 0. The average molecular weight is 470 g/mol. The van der Waals surface area contributed by atoms with E-state index in [1.165, 1.54) is 0 Å². The van der Waals surface area contributed by atoms with Crippen LogP contribution in [0, 0.1) is 5.92 Å². The summed E-state index contributed by atoms with van der Waals surface area (Å²) in [4.78, 5) is 33.7. The van der Waals surface area contributed by atoms with E-state index in [0.717, 1.165) is 27.9 Å². The standard InChI is InChI=1S/C28H27N3O4/c1-3-34-21-16-14-20(15-17-21)25-24(27(33)35-4-2)26(32)30(18-19-10-6-5-7-11-19)28-29-22-12-8-9-13-23(22)31(25)28/h5-17,24-25H,3-4,18H2,1-2H3. The topological polar surface area (TPSA) is 73.7 Å².